The fourth-order valence-corrected chi connectivity index (χ4v) is 5.35. The average molecular weight is 512 g/mol. The maximum Gasteiger partial charge on any atom is 0.261 e. The first-order chi connectivity index (χ1) is 16.2. The van der Waals surface area contributed by atoms with Gasteiger partial charge < -0.3 is 10.3 Å². The third kappa shape index (κ3) is 3.94. The molecule has 0 saturated carbocycles. The lowest BCUT2D eigenvalue weighted by Gasteiger charge is -2.10. The molecule has 0 radical (unpaired) electrons. The summed E-state index contributed by atoms with van der Waals surface area (Å²) in [4.78, 5) is 21.7. The van der Waals surface area contributed by atoms with Gasteiger partial charge in [0.15, 0.2) is 11.4 Å². The van der Waals surface area contributed by atoms with Gasteiger partial charge in [0.1, 0.15) is 12.1 Å². The van der Waals surface area contributed by atoms with Gasteiger partial charge in [-0.25, -0.2) is 18.4 Å². The molecule has 2 heterocycles. The number of sulfonamides is 1. The molecule has 11 heteroatoms. The third-order valence-corrected chi connectivity index (χ3v) is 6.99. The van der Waals surface area contributed by atoms with E-state index in [0.717, 1.165) is 5.70 Å². The molecular weight excluding hydrogens is 497 g/mol. The Hall–Kier alpha value is -3.66. The molecule has 0 spiro atoms. The van der Waals surface area contributed by atoms with E-state index in [1.165, 1.54) is 36.7 Å². The zero-order valence-electron chi connectivity index (χ0n) is 17.2. The second-order valence-electron chi connectivity index (χ2n) is 7.44. The molecule has 4 aromatic rings. The molecule has 0 fully saturated rings. The monoisotopic (exact) mass is 511 g/mol. The summed E-state index contributed by atoms with van der Waals surface area (Å²) in [6.07, 6.45) is 8.61. The van der Waals surface area contributed by atoms with Crippen LogP contribution in [0.1, 0.15) is 15.9 Å². The van der Waals surface area contributed by atoms with Crippen LogP contribution < -0.4 is 10.5 Å². The average Bonchev–Trinajstić information content (AvgIpc) is 3.12. The van der Waals surface area contributed by atoms with E-state index in [9.17, 15) is 13.2 Å². The van der Waals surface area contributed by atoms with E-state index in [2.05, 4.69) is 14.7 Å². The minimum Gasteiger partial charge on any atom is -0.383 e. The topological polar surface area (TPSA) is 120 Å². The van der Waals surface area contributed by atoms with Crippen LogP contribution in [0.15, 0.2) is 78.1 Å². The fourth-order valence-electron chi connectivity index (χ4n) is 3.57. The standard InChI is InChI=1S/C23H15Cl2N5O3S/c24-14-8-15(25)10-18(9-14)34(32,33)29-16-4-1-3-13(7-16)21(31)19-11-30(17-5-2-6-17)23-20(19)22(26)27-12-28-23/h1-12,29H,(H2,26,27,28). The first-order valence-electron chi connectivity index (χ1n) is 9.87. The van der Waals surface area contributed by atoms with Crippen molar-refractivity contribution in [1.29, 1.82) is 0 Å². The number of rotatable bonds is 6. The maximum atomic E-state index is 13.5. The molecule has 0 bridgehead atoms. The molecule has 0 atom stereocenters. The van der Waals surface area contributed by atoms with Gasteiger partial charge in [0.05, 0.1) is 15.8 Å². The van der Waals surface area contributed by atoms with Crippen LogP contribution in [0.5, 0.6) is 0 Å². The zero-order chi connectivity index (χ0) is 24.0. The third-order valence-electron chi connectivity index (χ3n) is 5.19. The van der Waals surface area contributed by atoms with Crippen molar-refractivity contribution in [3.8, 4) is 0 Å². The highest BCUT2D eigenvalue weighted by Gasteiger charge is 2.23. The van der Waals surface area contributed by atoms with Crippen LogP contribution in [-0.4, -0.2) is 28.7 Å². The van der Waals surface area contributed by atoms with E-state index < -0.39 is 10.0 Å². The highest BCUT2D eigenvalue weighted by Crippen LogP contribution is 2.31. The van der Waals surface area contributed by atoms with E-state index in [0.29, 0.717) is 16.6 Å². The molecule has 0 saturated heterocycles. The van der Waals surface area contributed by atoms with Crippen LogP contribution >= 0.6 is 23.2 Å². The van der Waals surface area contributed by atoms with Gasteiger partial charge in [-0.2, -0.15) is 0 Å². The number of allylic oxidation sites excluding steroid dienone is 4. The minimum absolute atomic E-state index is 0.100. The number of hydrogen-bond acceptors (Lipinski definition) is 6. The number of carbonyl (C=O) groups excluding carboxylic acids is 1. The molecule has 2 aromatic carbocycles. The number of carbonyl (C=O) groups is 1. The van der Waals surface area contributed by atoms with Gasteiger partial charge in [0.25, 0.3) is 10.0 Å². The Bertz CT molecular complexity index is 1640. The van der Waals surface area contributed by atoms with Crippen molar-refractivity contribution in [2.75, 3.05) is 10.5 Å². The number of fused-ring (bicyclic) bond motifs is 1. The first kappa shape index (κ1) is 22.1. The molecule has 8 nitrogen and oxygen atoms in total. The fraction of sp³-hybridized carbons (Fsp3) is 0. The summed E-state index contributed by atoms with van der Waals surface area (Å²) in [5.41, 5.74) is 8.18. The number of nitrogens with zero attached hydrogens (tertiary/aromatic N) is 3. The second-order valence-corrected chi connectivity index (χ2v) is 10.00. The van der Waals surface area contributed by atoms with Gasteiger partial charge in [-0.05, 0) is 42.5 Å². The maximum absolute atomic E-state index is 13.5. The Morgan fingerprint density at radius 2 is 1.79 bits per heavy atom. The molecule has 170 valence electrons. The van der Waals surface area contributed by atoms with Crippen LogP contribution in [0.3, 0.4) is 0 Å². The van der Waals surface area contributed by atoms with Crippen molar-refractivity contribution in [2.24, 2.45) is 0 Å². The molecule has 0 unspecified atom stereocenters. The number of hydrogen-bond donors (Lipinski definition) is 2. The molecule has 0 amide bonds. The lowest BCUT2D eigenvalue weighted by molar-refractivity contribution is 0.104. The van der Waals surface area contributed by atoms with Gasteiger partial charge in [-0.15, -0.1) is 0 Å². The first-order valence-corrected chi connectivity index (χ1v) is 12.1. The highest BCUT2D eigenvalue weighted by molar-refractivity contribution is 7.92. The molecular formula is C23H15Cl2N5O3S. The predicted octanol–water partition coefficient (Wildman–Crippen LogP) is 4.76. The molecule has 5 rings (SSSR count). The SMILES string of the molecule is Nc1ncnc2c1c(C(=O)c1cccc(NS(=O)(=O)c3cc(Cl)cc(Cl)c3)c1)cn2C1=CC=C1. The number of anilines is 2. The van der Waals surface area contributed by atoms with E-state index in [-0.39, 0.29) is 37.8 Å². The van der Waals surface area contributed by atoms with Crippen molar-refractivity contribution in [2.45, 2.75) is 4.90 Å². The lowest BCUT2D eigenvalue weighted by atomic mass is 10.0. The van der Waals surface area contributed by atoms with Crippen LogP contribution in [0.2, 0.25) is 10.0 Å². The van der Waals surface area contributed by atoms with E-state index >= 15 is 0 Å². The van der Waals surface area contributed by atoms with Crippen molar-refractivity contribution in [3.05, 3.63) is 94.4 Å². The van der Waals surface area contributed by atoms with Crippen LogP contribution in [0.4, 0.5) is 11.5 Å². The molecule has 1 aliphatic rings. The van der Waals surface area contributed by atoms with Gasteiger partial charge in [0.2, 0.25) is 0 Å². The van der Waals surface area contributed by atoms with Crippen molar-refractivity contribution >= 4 is 67.2 Å². The summed E-state index contributed by atoms with van der Waals surface area (Å²) in [7, 11) is -4.00. The Labute approximate surface area is 204 Å². The number of nitrogens with one attached hydrogen (secondary N) is 1. The molecule has 0 aliphatic heterocycles. The van der Waals surface area contributed by atoms with Crippen LogP contribution in [0.25, 0.3) is 16.7 Å². The number of nitrogens with two attached hydrogens (primary N) is 1. The quantitative estimate of drug-likeness (QED) is 0.360. The highest BCUT2D eigenvalue weighted by atomic mass is 35.5. The smallest absolute Gasteiger partial charge is 0.261 e. The van der Waals surface area contributed by atoms with E-state index in [1.54, 1.807) is 22.9 Å². The molecule has 2 aromatic heterocycles. The van der Waals surface area contributed by atoms with Gasteiger partial charge in [0, 0.05) is 33.2 Å². The van der Waals surface area contributed by atoms with Crippen molar-refractivity contribution < 1.29 is 13.2 Å². The van der Waals surface area contributed by atoms with Gasteiger partial charge in [-0.1, -0.05) is 41.4 Å². The molecule has 34 heavy (non-hydrogen) atoms. The predicted molar refractivity (Wildman–Crippen MR) is 132 cm³/mol. The largest absolute Gasteiger partial charge is 0.383 e. The van der Waals surface area contributed by atoms with E-state index in [1.807, 2.05) is 18.2 Å². The Balaban J connectivity index is 1.52. The van der Waals surface area contributed by atoms with Crippen LogP contribution in [0, 0.1) is 0 Å². The lowest BCUT2D eigenvalue weighted by Crippen LogP contribution is -2.13. The number of ketones is 1. The normalized spacial score (nSPS) is 12.9. The molecule has 3 N–H and O–H groups in total. The number of aromatic nitrogens is 3. The van der Waals surface area contributed by atoms with Crippen molar-refractivity contribution in [3.63, 3.8) is 0 Å². The summed E-state index contributed by atoms with van der Waals surface area (Å²) in [6, 6.07) is 10.1. The van der Waals surface area contributed by atoms with Crippen molar-refractivity contribution in [1.82, 2.24) is 14.5 Å². The summed E-state index contributed by atoms with van der Waals surface area (Å²) >= 11 is 11.9. The zero-order valence-corrected chi connectivity index (χ0v) is 19.6. The summed E-state index contributed by atoms with van der Waals surface area (Å²) in [6.45, 7) is 0. The summed E-state index contributed by atoms with van der Waals surface area (Å²) in [5, 5.41) is 0.794. The number of benzene rings is 2. The minimum atomic E-state index is -4.00. The summed E-state index contributed by atoms with van der Waals surface area (Å²) in [5.74, 6) is -0.188. The Kier molecular flexibility index (Phi) is 5.40. The molecule has 1 aliphatic carbocycles. The second kappa shape index (κ2) is 8.28. The van der Waals surface area contributed by atoms with Gasteiger partial charge >= 0.3 is 0 Å². The van der Waals surface area contributed by atoms with Gasteiger partial charge in [-0.3, -0.25) is 9.52 Å². The Morgan fingerprint density at radius 3 is 2.47 bits per heavy atom. The summed E-state index contributed by atoms with van der Waals surface area (Å²) < 4.78 is 29.9. The number of halogens is 2. The Morgan fingerprint density at radius 1 is 1.06 bits per heavy atom. The number of nitrogen functional groups attached to an aromatic ring is 1. The van der Waals surface area contributed by atoms with Crippen LogP contribution in [-0.2, 0) is 10.0 Å². The van der Waals surface area contributed by atoms with E-state index in [4.69, 9.17) is 28.9 Å².